The summed E-state index contributed by atoms with van der Waals surface area (Å²) < 4.78 is 0. The second kappa shape index (κ2) is 6.63. The van der Waals surface area contributed by atoms with Crippen LogP contribution in [0.25, 0.3) is 0 Å². The summed E-state index contributed by atoms with van der Waals surface area (Å²) in [4.78, 5) is 8.56. The molecule has 0 saturated heterocycles. The maximum absolute atomic E-state index is 9.22. The first-order chi connectivity index (χ1) is 6.97. The van der Waals surface area contributed by atoms with Gasteiger partial charge in [-0.15, -0.1) is 0 Å². The Kier molecular flexibility index (Phi) is 5.84. The predicted octanol–water partition coefficient (Wildman–Crippen LogP) is 0.607. The minimum Gasteiger partial charge on any atom is -0.508 e. The molecule has 1 unspecified atom stereocenters. The van der Waals surface area contributed by atoms with Crippen LogP contribution in [0.3, 0.4) is 0 Å². The highest BCUT2D eigenvalue weighted by Crippen LogP contribution is 2.16. The Balaban J connectivity index is 0.000000423. The lowest BCUT2D eigenvalue weighted by Crippen LogP contribution is -2.11. The van der Waals surface area contributed by atoms with Gasteiger partial charge in [-0.1, -0.05) is 12.1 Å². The van der Waals surface area contributed by atoms with Gasteiger partial charge in [-0.25, -0.2) is 4.79 Å². The zero-order valence-electron chi connectivity index (χ0n) is 7.87. The molecule has 1 aromatic carbocycles. The highest BCUT2D eigenvalue weighted by Gasteiger charge is 2.03. The Labute approximate surface area is 86.2 Å². The van der Waals surface area contributed by atoms with E-state index in [1.165, 1.54) is 6.07 Å². The smallest absolute Gasteiger partial charge is 0.503 e. The van der Waals surface area contributed by atoms with Crippen LogP contribution in [-0.4, -0.2) is 33.1 Å². The molecule has 0 radical (unpaired) electrons. The number of phenols is 1. The van der Waals surface area contributed by atoms with E-state index in [1.54, 1.807) is 18.2 Å². The molecule has 0 heterocycles. The van der Waals surface area contributed by atoms with Crippen LogP contribution in [0.2, 0.25) is 0 Å². The van der Waals surface area contributed by atoms with E-state index in [9.17, 15) is 5.11 Å². The molecule has 0 spiro atoms. The third kappa shape index (κ3) is 6.30. The van der Waals surface area contributed by atoms with Crippen molar-refractivity contribution < 1.29 is 25.2 Å². The number of rotatable bonds is 2. The highest BCUT2D eigenvalue weighted by atomic mass is 16.6. The summed E-state index contributed by atoms with van der Waals surface area (Å²) in [5.41, 5.74) is 5.87. The molecule has 0 aromatic heterocycles. The lowest BCUT2D eigenvalue weighted by atomic mass is 10.1. The normalized spacial score (nSPS) is 11.1. The van der Waals surface area contributed by atoms with Gasteiger partial charge in [0.15, 0.2) is 0 Å². The number of aromatic hydroxyl groups is 1. The molecular weight excluding hydrogens is 202 g/mol. The highest BCUT2D eigenvalue weighted by molar-refractivity contribution is 5.53. The lowest BCUT2D eigenvalue weighted by molar-refractivity contribution is 0.137. The minimum atomic E-state index is -1.83. The first-order valence-electron chi connectivity index (χ1n) is 4.06. The summed E-state index contributed by atoms with van der Waals surface area (Å²) >= 11 is 0. The van der Waals surface area contributed by atoms with Gasteiger partial charge in [-0.2, -0.15) is 0 Å². The van der Waals surface area contributed by atoms with Crippen molar-refractivity contribution in [3.05, 3.63) is 29.8 Å². The number of hydrogen-bond donors (Lipinski definition) is 5. The maximum Gasteiger partial charge on any atom is 0.503 e. The van der Waals surface area contributed by atoms with E-state index >= 15 is 0 Å². The Bertz CT molecular complexity index is 311. The number of carboxylic acid groups (broad SMARTS) is 2. The Morgan fingerprint density at radius 1 is 1.40 bits per heavy atom. The second-order valence-electron chi connectivity index (χ2n) is 2.63. The summed E-state index contributed by atoms with van der Waals surface area (Å²) in [6.07, 6.45) is -2.51. The predicted molar refractivity (Wildman–Crippen MR) is 52.8 cm³/mol. The molecule has 0 saturated carbocycles. The van der Waals surface area contributed by atoms with Gasteiger partial charge in [0.2, 0.25) is 0 Å². The maximum atomic E-state index is 9.22. The molecule has 0 fully saturated rings. The number of phenolic OH excluding ortho intramolecular Hbond substituents is 1. The molecule has 84 valence electrons. The van der Waals surface area contributed by atoms with Crippen LogP contribution >= 0.6 is 0 Å². The molecule has 1 aromatic rings. The van der Waals surface area contributed by atoms with Crippen LogP contribution in [0.1, 0.15) is 11.7 Å². The summed E-state index contributed by atoms with van der Waals surface area (Å²) in [6.45, 7) is 0.170. The average molecular weight is 215 g/mol. The number of benzene rings is 1. The molecule has 15 heavy (non-hydrogen) atoms. The number of nitrogens with two attached hydrogens (primary N) is 1. The van der Waals surface area contributed by atoms with Gasteiger partial charge >= 0.3 is 6.16 Å². The molecular formula is C9H13NO5. The van der Waals surface area contributed by atoms with Gasteiger partial charge < -0.3 is 26.2 Å². The summed E-state index contributed by atoms with van der Waals surface area (Å²) in [5, 5.41) is 32.2. The van der Waals surface area contributed by atoms with Crippen LogP contribution in [0, 0.1) is 0 Å². The molecule has 6 N–H and O–H groups in total. The van der Waals surface area contributed by atoms with Gasteiger partial charge in [0.25, 0.3) is 0 Å². The van der Waals surface area contributed by atoms with Crippen molar-refractivity contribution in [1.29, 1.82) is 0 Å². The van der Waals surface area contributed by atoms with Gasteiger partial charge in [-0.05, 0) is 17.7 Å². The Morgan fingerprint density at radius 3 is 2.33 bits per heavy atom. The minimum absolute atomic E-state index is 0.148. The summed E-state index contributed by atoms with van der Waals surface area (Å²) in [5.74, 6) is 0.148. The molecule has 0 aliphatic rings. The standard InChI is InChI=1S/C8H11NO2.CH2O3/c9-5-8(11)6-2-1-3-7(10)4-6;2-1(3)4/h1-4,8,10-11H,5,9H2;(H2,2,3,4). The monoisotopic (exact) mass is 215 g/mol. The third-order valence-electron chi connectivity index (χ3n) is 1.48. The number of carbonyl (C=O) groups is 1. The quantitative estimate of drug-likeness (QED) is 0.492. The Morgan fingerprint density at radius 2 is 1.93 bits per heavy atom. The van der Waals surface area contributed by atoms with Crippen molar-refractivity contribution in [1.82, 2.24) is 0 Å². The third-order valence-corrected chi connectivity index (χ3v) is 1.48. The molecule has 1 rings (SSSR count). The van der Waals surface area contributed by atoms with Crippen LogP contribution < -0.4 is 5.73 Å². The van der Waals surface area contributed by atoms with Crippen LogP contribution in [0.15, 0.2) is 24.3 Å². The molecule has 0 amide bonds. The van der Waals surface area contributed by atoms with E-state index in [1.807, 2.05) is 0 Å². The second-order valence-corrected chi connectivity index (χ2v) is 2.63. The molecule has 0 aliphatic heterocycles. The van der Waals surface area contributed by atoms with Crippen molar-refractivity contribution in [2.24, 2.45) is 5.73 Å². The first-order valence-corrected chi connectivity index (χ1v) is 4.06. The van der Waals surface area contributed by atoms with Gasteiger partial charge in [-0.3, -0.25) is 0 Å². The van der Waals surface area contributed by atoms with E-state index in [4.69, 9.17) is 25.8 Å². The molecule has 6 nitrogen and oxygen atoms in total. The zero-order valence-corrected chi connectivity index (χ0v) is 7.87. The van der Waals surface area contributed by atoms with E-state index in [2.05, 4.69) is 0 Å². The summed E-state index contributed by atoms with van der Waals surface area (Å²) in [7, 11) is 0. The summed E-state index contributed by atoms with van der Waals surface area (Å²) in [6, 6.07) is 6.44. The fraction of sp³-hybridized carbons (Fsp3) is 0.222. The lowest BCUT2D eigenvalue weighted by Gasteiger charge is -2.06. The number of hydrogen-bond acceptors (Lipinski definition) is 4. The van der Waals surface area contributed by atoms with Crippen molar-refractivity contribution in [3.8, 4) is 5.75 Å². The largest absolute Gasteiger partial charge is 0.508 e. The molecule has 1 atom stereocenters. The van der Waals surface area contributed by atoms with Crippen molar-refractivity contribution in [2.75, 3.05) is 6.54 Å². The van der Waals surface area contributed by atoms with Crippen molar-refractivity contribution >= 4 is 6.16 Å². The number of aliphatic hydroxyl groups is 1. The topological polar surface area (TPSA) is 124 Å². The molecule has 0 bridgehead atoms. The number of aliphatic hydroxyl groups excluding tert-OH is 1. The van der Waals surface area contributed by atoms with E-state index in [0.717, 1.165) is 0 Å². The average Bonchev–Trinajstić information content (AvgIpc) is 2.16. The zero-order chi connectivity index (χ0) is 11.8. The van der Waals surface area contributed by atoms with Crippen LogP contribution in [0.5, 0.6) is 5.75 Å². The van der Waals surface area contributed by atoms with Crippen molar-refractivity contribution in [3.63, 3.8) is 0 Å². The van der Waals surface area contributed by atoms with Gasteiger partial charge in [0, 0.05) is 6.54 Å². The van der Waals surface area contributed by atoms with E-state index in [0.29, 0.717) is 5.56 Å². The van der Waals surface area contributed by atoms with Crippen LogP contribution in [-0.2, 0) is 0 Å². The van der Waals surface area contributed by atoms with Gasteiger partial charge in [0.05, 0.1) is 6.10 Å². The molecule has 0 aliphatic carbocycles. The van der Waals surface area contributed by atoms with Crippen LogP contribution in [0.4, 0.5) is 4.79 Å². The fourth-order valence-corrected chi connectivity index (χ4v) is 0.868. The van der Waals surface area contributed by atoms with Crippen molar-refractivity contribution in [2.45, 2.75) is 6.10 Å². The first kappa shape index (κ1) is 13.2. The SMILES string of the molecule is NCC(O)c1cccc(O)c1.O=C(O)O. The van der Waals surface area contributed by atoms with Gasteiger partial charge in [0.1, 0.15) is 5.75 Å². The Hall–Kier alpha value is -1.79. The van der Waals surface area contributed by atoms with E-state index in [-0.39, 0.29) is 12.3 Å². The van der Waals surface area contributed by atoms with E-state index < -0.39 is 12.3 Å². The fourth-order valence-electron chi connectivity index (χ4n) is 0.868. The molecule has 6 heteroatoms.